The van der Waals surface area contributed by atoms with Gasteiger partial charge in [0, 0.05) is 12.6 Å². The van der Waals surface area contributed by atoms with E-state index >= 15 is 0 Å². The van der Waals surface area contributed by atoms with E-state index < -0.39 is 58.5 Å². The van der Waals surface area contributed by atoms with Gasteiger partial charge in [-0.25, -0.2) is 22.0 Å². The lowest BCUT2D eigenvalue weighted by molar-refractivity contribution is -0.136. The summed E-state index contributed by atoms with van der Waals surface area (Å²) >= 11 is 0. The minimum absolute atomic E-state index is 0.305. The SMILES string of the molecule is CC(CO)C(C)NC(=O)C(=O)Nc1c(F)c(F)c(F)c(F)c1F. The molecule has 0 heterocycles. The second-order valence-corrected chi connectivity index (χ2v) is 4.82. The zero-order valence-corrected chi connectivity index (χ0v) is 12.0. The number of aliphatic hydroxyl groups excluding tert-OH is 1. The van der Waals surface area contributed by atoms with E-state index in [1.807, 2.05) is 0 Å². The first kappa shape index (κ1) is 18.8. The lowest BCUT2D eigenvalue weighted by atomic mass is 10.1. The molecular weight excluding hydrogens is 327 g/mol. The molecule has 0 aliphatic carbocycles. The van der Waals surface area contributed by atoms with Crippen molar-refractivity contribution in [2.45, 2.75) is 19.9 Å². The first-order valence-electron chi connectivity index (χ1n) is 6.35. The van der Waals surface area contributed by atoms with Gasteiger partial charge in [0.25, 0.3) is 0 Å². The predicted molar refractivity (Wildman–Crippen MR) is 68.7 cm³/mol. The second-order valence-electron chi connectivity index (χ2n) is 4.82. The smallest absolute Gasteiger partial charge is 0.313 e. The maximum Gasteiger partial charge on any atom is 0.313 e. The highest BCUT2D eigenvalue weighted by Gasteiger charge is 2.28. The molecule has 0 fully saturated rings. The lowest BCUT2D eigenvalue weighted by Gasteiger charge is -2.19. The molecule has 0 saturated carbocycles. The van der Waals surface area contributed by atoms with Gasteiger partial charge in [-0.3, -0.25) is 9.59 Å². The topological polar surface area (TPSA) is 78.4 Å². The number of hydrogen-bond donors (Lipinski definition) is 3. The van der Waals surface area contributed by atoms with E-state index in [0.29, 0.717) is 0 Å². The van der Waals surface area contributed by atoms with E-state index in [0.717, 1.165) is 0 Å². The largest absolute Gasteiger partial charge is 0.396 e. The molecule has 1 aromatic carbocycles. The Balaban J connectivity index is 2.96. The summed E-state index contributed by atoms with van der Waals surface area (Å²) in [5.41, 5.74) is -1.62. The van der Waals surface area contributed by atoms with Crippen LogP contribution in [0.15, 0.2) is 0 Å². The zero-order valence-electron chi connectivity index (χ0n) is 12.0. The number of hydrogen-bond acceptors (Lipinski definition) is 3. The molecule has 2 unspecified atom stereocenters. The zero-order chi connectivity index (χ0) is 17.9. The van der Waals surface area contributed by atoms with Gasteiger partial charge in [-0.2, -0.15) is 0 Å². The number of amides is 2. The first-order chi connectivity index (χ1) is 10.6. The summed E-state index contributed by atoms with van der Waals surface area (Å²) in [7, 11) is 0. The van der Waals surface area contributed by atoms with Crippen LogP contribution in [0.1, 0.15) is 13.8 Å². The number of rotatable bonds is 4. The highest BCUT2D eigenvalue weighted by Crippen LogP contribution is 2.26. The molecule has 5 nitrogen and oxygen atoms in total. The molecule has 0 radical (unpaired) electrons. The summed E-state index contributed by atoms with van der Waals surface area (Å²) in [4.78, 5) is 23.0. The van der Waals surface area contributed by atoms with E-state index in [9.17, 15) is 31.5 Å². The fourth-order valence-electron chi connectivity index (χ4n) is 1.46. The Labute approximate surface area is 127 Å². The summed E-state index contributed by atoms with van der Waals surface area (Å²) in [5.74, 6) is -14.8. The van der Waals surface area contributed by atoms with Crippen molar-refractivity contribution in [3.8, 4) is 0 Å². The molecule has 128 valence electrons. The number of halogens is 5. The van der Waals surface area contributed by atoms with Crippen molar-refractivity contribution in [3.05, 3.63) is 29.1 Å². The van der Waals surface area contributed by atoms with Gasteiger partial charge < -0.3 is 15.7 Å². The van der Waals surface area contributed by atoms with Gasteiger partial charge in [0.15, 0.2) is 23.3 Å². The van der Waals surface area contributed by atoms with Crippen LogP contribution in [-0.4, -0.2) is 29.6 Å². The maximum absolute atomic E-state index is 13.4. The van der Waals surface area contributed by atoms with E-state index in [-0.39, 0.29) is 6.61 Å². The van der Waals surface area contributed by atoms with Crippen LogP contribution in [0.5, 0.6) is 0 Å². The van der Waals surface area contributed by atoms with Gasteiger partial charge in [0.05, 0.1) is 0 Å². The highest BCUT2D eigenvalue weighted by molar-refractivity contribution is 6.39. The van der Waals surface area contributed by atoms with Gasteiger partial charge >= 0.3 is 11.8 Å². The van der Waals surface area contributed by atoms with Crippen molar-refractivity contribution in [1.29, 1.82) is 0 Å². The molecule has 2 amide bonds. The third kappa shape index (κ3) is 3.95. The number of nitrogens with one attached hydrogen (secondary N) is 2. The van der Waals surface area contributed by atoms with Crippen molar-refractivity contribution >= 4 is 17.5 Å². The normalized spacial score (nSPS) is 13.4. The van der Waals surface area contributed by atoms with Crippen LogP contribution >= 0.6 is 0 Å². The van der Waals surface area contributed by atoms with Crippen LogP contribution in [0.25, 0.3) is 0 Å². The van der Waals surface area contributed by atoms with Gasteiger partial charge in [-0.15, -0.1) is 0 Å². The van der Waals surface area contributed by atoms with Crippen molar-refractivity contribution < 1.29 is 36.6 Å². The van der Waals surface area contributed by atoms with Crippen LogP contribution in [-0.2, 0) is 9.59 Å². The molecule has 0 spiro atoms. The van der Waals surface area contributed by atoms with Crippen molar-refractivity contribution in [3.63, 3.8) is 0 Å². The Morgan fingerprint density at radius 2 is 1.35 bits per heavy atom. The third-order valence-corrected chi connectivity index (χ3v) is 3.15. The lowest BCUT2D eigenvalue weighted by Crippen LogP contribution is -2.44. The first-order valence-corrected chi connectivity index (χ1v) is 6.35. The van der Waals surface area contributed by atoms with Crippen molar-refractivity contribution in [2.75, 3.05) is 11.9 Å². The average molecular weight is 340 g/mol. The molecule has 23 heavy (non-hydrogen) atoms. The Morgan fingerprint density at radius 3 is 1.78 bits per heavy atom. The van der Waals surface area contributed by atoms with Crippen molar-refractivity contribution in [1.82, 2.24) is 5.32 Å². The molecule has 0 aliphatic rings. The number of carbonyl (C=O) groups excluding carboxylic acids is 2. The Bertz CT molecular complexity index is 610. The van der Waals surface area contributed by atoms with Crippen LogP contribution in [0.4, 0.5) is 27.6 Å². The predicted octanol–water partition coefficient (Wildman–Crippen LogP) is 1.45. The molecule has 0 saturated heterocycles. The summed E-state index contributed by atoms with van der Waals surface area (Å²) in [6.07, 6.45) is 0. The number of carbonyl (C=O) groups is 2. The molecule has 3 N–H and O–H groups in total. The molecule has 1 aromatic rings. The number of anilines is 1. The maximum atomic E-state index is 13.4. The summed E-state index contributed by atoms with van der Waals surface area (Å²) in [6.45, 7) is 2.69. The molecule has 10 heteroatoms. The highest BCUT2D eigenvalue weighted by atomic mass is 19.2. The fourth-order valence-corrected chi connectivity index (χ4v) is 1.46. The Kier molecular flexibility index (Phi) is 6.02. The molecule has 2 atom stereocenters. The second kappa shape index (κ2) is 7.36. The van der Waals surface area contributed by atoms with Crippen LogP contribution < -0.4 is 10.6 Å². The number of benzene rings is 1. The summed E-state index contributed by atoms with van der Waals surface area (Å²) < 4.78 is 65.5. The molecule has 1 rings (SSSR count). The monoisotopic (exact) mass is 340 g/mol. The van der Waals surface area contributed by atoms with E-state index in [1.54, 1.807) is 6.92 Å². The van der Waals surface area contributed by atoms with Gasteiger partial charge in [0.2, 0.25) is 5.82 Å². The summed E-state index contributed by atoms with van der Waals surface area (Å²) in [5, 5.41) is 12.3. The van der Waals surface area contributed by atoms with Gasteiger partial charge in [-0.05, 0) is 12.8 Å². The van der Waals surface area contributed by atoms with Crippen LogP contribution in [0.2, 0.25) is 0 Å². The quantitative estimate of drug-likeness (QED) is 0.336. The standard InChI is InChI=1S/C13H13F5N2O3/c1-4(3-21)5(2)19-12(22)13(23)20-11-9(17)7(15)6(14)8(16)10(11)18/h4-5,21H,3H2,1-2H3,(H,19,22)(H,20,23). The minimum Gasteiger partial charge on any atom is -0.396 e. The van der Waals surface area contributed by atoms with Crippen LogP contribution in [0, 0.1) is 35.0 Å². The molecule has 0 aromatic heterocycles. The van der Waals surface area contributed by atoms with Gasteiger partial charge in [-0.1, -0.05) is 6.92 Å². The van der Waals surface area contributed by atoms with Crippen molar-refractivity contribution in [2.24, 2.45) is 5.92 Å². The van der Waals surface area contributed by atoms with Gasteiger partial charge in [0.1, 0.15) is 5.69 Å². The Hall–Kier alpha value is -2.23. The van der Waals surface area contributed by atoms with E-state index in [2.05, 4.69) is 5.32 Å². The molecule has 0 aliphatic heterocycles. The average Bonchev–Trinajstić information content (AvgIpc) is 2.53. The summed E-state index contributed by atoms with van der Waals surface area (Å²) in [6, 6.07) is -0.672. The van der Waals surface area contributed by atoms with E-state index in [4.69, 9.17) is 5.11 Å². The molecular formula is C13H13F5N2O3. The van der Waals surface area contributed by atoms with Crippen LogP contribution in [0.3, 0.4) is 0 Å². The van der Waals surface area contributed by atoms with E-state index in [1.165, 1.54) is 12.2 Å². The Morgan fingerprint density at radius 1 is 0.913 bits per heavy atom. The number of aliphatic hydroxyl groups is 1. The molecule has 0 bridgehead atoms. The third-order valence-electron chi connectivity index (χ3n) is 3.15. The fraction of sp³-hybridized carbons (Fsp3) is 0.385. The minimum atomic E-state index is -2.38.